The summed E-state index contributed by atoms with van der Waals surface area (Å²) in [6, 6.07) is 15.1. The van der Waals surface area contributed by atoms with E-state index in [1.165, 1.54) is 31.3 Å². The predicted molar refractivity (Wildman–Crippen MR) is 382 cm³/mol. The molecule has 9 amide bonds. The quantitative estimate of drug-likeness (QED) is 0.0224. The molecular weight excluding hydrogens is 1380 g/mol. The van der Waals surface area contributed by atoms with Crippen LogP contribution >= 0.6 is 0 Å². The number of benzene rings is 4. The number of rotatable bonds is 37. The smallest absolute Gasteiger partial charge is 0.317 e. The molecular formula is C72H94N14O20. The van der Waals surface area contributed by atoms with Crippen molar-refractivity contribution in [3.63, 3.8) is 0 Å². The first kappa shape index (κ1) is 82.2. The number of hydrogen-bond acceptors (Lipinski definition) is 19. The second-order valence-electron chi connectivity index (χ2n) is 26.4. The summed E-state index contributed by atoms with van der Waals surface area (Å²) < 4.78 is 0. The molecule has 34 heteroatoms. The van der Waals surface area contributed by atoms with E-state index < -0.39 is 171 Å². The van der Waals surface area contributed by atoms with Crippen molar-refractivity contribution >= 4 is 105 Å². The number of carbonyl (C=O) groups is 14. The van der Waals surface area contributed by atoms with Crippen molar-refractivity contribution in [2.45, 2.75) is 120 Å². The van der Waals surface area contributed by atoms with Crippen LogP contribution in [0.15, 0.2) is 97.2 Å². The minimum Gasteiger partial charge on any atom is -0.508 e. The lowest BCUT2D eigenvalue weighted by Gasteiger charge is -2.33. The summed E-state index contributed by atoms with van der Waals surface area (Å²) in [6.07, 6.45) is 0.245. The van der Waals surface area contributed by atoms with E-state index >= 15 is 4.79 Å². The number of fused-ring (bicyclic) bond motifs is 2. The number of phenolic OH excluding ortho intramolecular Hbond substituents is 1. The maximum atomic E-state index is 15.1. The number of aromatic nitrogens is 1. The number of primary amides is 1. The van der Waals surface area contributed by atoms with Gasteiger partial charge in [0.05, 0.1) is 39.1 Å². The number of carboxylic acids is 5. The third-order valence-corrected chi connectivity index (χ3v) is 18.6. The Morgan fingerprint density at radius 3 is 1.68 bits per heavy atom. The number of carboxylic acid groups (broad SMARTS) is 5. The number of nitrogens with one attached hydrogen (secondary N) is 7. The van der Waals surface area contributed by atoms with E-state index in [1.807, 2.05) is 31.2 Å². The highest BCUT2D eigenvalue weighted by Crippen LogP contribution is 2.24. The summed E-state index contributed by atoms with van der Waals surface area (Å²) >= 11 is 0. The normalized spacial score (nSPS) is 16.6. The average molecular weight is 1480 g/mol. The summed E-state index contributed by atoms with van der Waals surface area (Å²) in [4.78, 5) is 200. The Kier molecular flexibility index (Phi) is 31.2. The molecule has 5 aromatic rings. The van der Waals surface area contributed by atoms with Crippen LogP contribution in [0.5, 0.6) is 5.75 Å². The molecule has 7 rings (SSSR count). The molecule has 1 aromatic heterocycles. The number of aliphatic carboxylic acids is 5. The third-order valence-electron chi connectivity index (χ3n) is 18.6. The second kappa shape index (κ2) is 40.2. The van der Waals surface area contributed by atoms with Crippen LogP contribution in [0.1, 0.15) is 75.0 Å². The van der Waals surface area contributed by atoms with Crippen molar-refractivity contribution in [2.75, 3.05) is 98.7 Å². The number of nitrogens with two attached hydrogens (primary N) is 1. The number of nitrogens with zero attached hydrogens (tertiary/aromatic N) is 6. The highest BCUT2D eigenvalue weighted by molar-refractivity contribution is 5.99. The number of carbonyl (C=O) groups excluding carboxylic acids is 9. The zero-order valence-electron chi connectivity index (χ0n) is 59.1. The molecule has 2 saturated heterocycles. The SMILES string of the molecule is CCCC[C@@H](C(=O)N[C@@H](CC(=O)O)C(=O)N[C@@H](Cc1cccc2ccccc12)C(N)=O)N(C)C(=O)[C@H](Cc1c[nH]c2ccccc12)NC(=O)CNC(=O)[C@H](Cc1ccc(O)cc1)NC(=O)[C@@H]1CCCN1C(=O)[C@@H](CCC(=O)O)NC(=O)CN1CCN(CC(=O)O)CCN(CC(=O)O)CCN(CC(=O)O)CC1. The van der Waals surface area contributed by atoms with Crippen molar-refractivity contribution in [1.82, 2.24) is 66.3 Å². The van der Waals surface area contributed by atoms with E-state index in [0.29, 0.717) is 40.4 Å². The van der Waals surface area contributed by atoms with E-state index in [0.717, 1.165) is 20.6 Å². The molecule has 0 bridgehead atoms. The predicted octanol–water partition coefficient (Wildman–Crippen LogP) is -1.10. The largest absolute Gasteiger partial charge is 0.508 e. The lowest BCUT2D eigenvalue weighted by molar-refractivity contribution is -0.144. The van der Waals surface area contributed by atoms with Gasteiger partial charge in [0.15, 0.2) is 0 Å². The van der Waals surface area contributed by atoms with E-state index in [1.54, 1.807) is 68.3 Å². The van der Waals surface area contributed by atoms with Crippen LogP contribution in [-0.4, -0.2) is 289 Å². The maximum absolute atomic E-state index is 15.1. The van der Waals surface area contributed by atoms with Crippen LogP contribution in [0.2, 0.25) is 0 Å². The van der Waals surface area contributed by atoms with Crippen LogP contribution in [0.4, 0.5) is 0 Å². The number of H-pyrrole nitrogens is 1. The molecule has 3 heterocycles. The zero-order valence-corrected chi connectivity index (χ0v) is 59.1. The number of likely N-dealkylation sites (N-methyl/N-ethyl adjacent to an activating group) is 1. The summed E-state index contributed by atoms with van der Waals surface area (Å²) in [5, 5.41) is 76.7. The molecule has 572 valence electrons. The Labute approximate surface area is 610 Å². The highest BCUT2D eigenvalue weighted by atomic mass is 16.4. The van der Waals surface area contributed by atoms with Gasteiger partial charge < -0.3 is 83.1 Å². The first-order valence-electron chi connectivity index (χ1n) is 35.0. The number of aromatic hydroxyl groups is 1. The standard InChI is InChI=1S/C72H94N14O20/c1-3-4-17-57(69(103)80-55(37-62(92)93)68(102)78-53(66(73)100)35-46-13-9-12-45-11-5-6-14-49(45)46)81(2)71(105)56(36-47-38-74-51-16-8-7-15-50(47)51)77-59(88)39-75-67(101)54(34-44-19-21-48(87)22-20-44)79-70(104)58-18-10-25-86(58)72(106)52(23-24-61(90)91)76-60(89)40-82-26-28-83(41-63(94)95)30-32-85(43-65(98)99)33-31-84(29-27-82)42-64(96)97/h5-9,11-16,19-22,38,52-58,74,87H,3-4,10,17-18,23-37,39-43H2,1-2H3,(H2,73,100)(H,75,101)(H,76,89)(H,77,88)(H,78,102)(H,79,104)(H,80,103)(H,90,91)(H,92,93)(H,94,95)(H,96,97)(H,98,99)/t52-,53+,54+,55+,56+,57+,58+/m1/s1. The van der Waals surface area contributed by atoms with Crippen LogP contribution < -0.4 is 37.6 Å². The molecule has 0 aliphatic carbocycles. The number of aromatic amines is 1. The Morgan fingerprint density at radius 1 is 0.538 bits per heavy atom. The molecule has 0 unspecified atom stereocenters. The van der Waals surface area contributed by atoms with Gasteiger partial charge in [0, 0.05) is 109 Å². The average Bonchev–Trinajstić information content (AvgIpc) is 1.48. The van der Waals surface area contributed by atoms with Crippen LogP contribution in [-0.2, 0) is 86.4 Å². The Balaban J connectivity index is 1.06. The summed E-state index contributed by atoms with van der Waals surface area (Å²) in [7, 11) is 1.30. The Hall–Kier alpha value is -11.1. The molecule has 2 fully saturated rings. The number of likely N-dealkylation sites (tertiary alicyclic amines) is 1. The van der Waals surface area contributed by atoms with Gasteiger partial charge >= 0.3 is 29.8 Å². The van der Waals surface area contributed by atoms with Crippen LogP contribution in [0, 0.1) is 0 Å². The van der Waals surface area contributed by atoms with Crippen molar-refractivity contribution < 1.29 is 97.8 Å². The van der Waals surface area contributed by atoms with Gasteiger partial charge in [-0.1, -0.05) is 92.6 Å². The monoisotopic (exact) mass is 1470 g/mol. The van der Waals surface area contributed by atoms with Gasteiger partial charge in [0.25, 0.3) is 0 Å². The molecule has 106 heavy (non-hydrogen) atoms. The highest BCUT2D eigenvalue weighted by Gasteiger charge is 2.41. The lowest BCUT2D eigenvalue weighted by Crippen LogP contribution is -2.59. The van der Waals surface area contributed by atoms with E-state index in [2.05, 4.69) is 36.9 Å². The fraction of sp³-hybridized carbons (Fsp3) is 0.472. The zero-order chi connectivity index (χ0) is 77.1. The topological polar surface area (TPSA) is 494 Å². The number of hydrogen-bond donors (Lipinski definition) is 14. The molecule has 2 aliphatic rings. The number of para-hydroxylation sites is 1. The fourth-order valence-corrected chi connectivity index (χ4v) is 13.0. The second-order valence-corrected chi connectivity index (χ2v) is 26.4. The molecule has 34 nitrogen and oxygen atoms in total. The summed E-state index contributed by atoms with van der Waals surface area (Å²) in [5.41, 5.74) is 8.08. The van der Waals surface area contributed by atoms with Gasteiger partial charge in [-0.3, -0.25) is 86.7 Å². The summed E-state index contributed by atoms with van der Waals surface area (Å²) in [5.74, 6) is -14.5. The van der Waals surface area contributed by atoms with Crippen molar-refractivity contribution in [3.05, 3.63) is 114 Å². The van der Waals surface area contributed by atoms with Gasteiger partial charge in [0.1, 0.15) is 48.0 Å². The van der Waals surface area contributed by atoms with Crippen molar-refractivity contribution in [3.8, 4) is 5.75 Å². The molecule has 2 aliphatic heterocycles. The minimum absolute atomic E-state index is 0.0115. The number of amides is 9. The molecule has 0 saturated carbocycles. The number of phenols is 1. The molecule has 0 radical (unpaired) electrons. The molecule has 15 N–H and O–H groups in total. The first-order valence-corrected chi connectivity index (χ1v) is 35.0. The van der Waals surface area contributed by atoms with Gasteiger partial charge in [-0.25, -0.2) is 0 Å². The van der Waals surface area contributed by atoms with Gasteiger partial charge in [-0.15, -0.1) is 0 Å². The first-order chi connectivity index (χ1) is 50.5. The lowest BCUT2D eigenvalue weighted by atomic mass is 9.98. The van der Waals surface area contributed by atoms with Gasteiger partial charge in [-0.2, -0.15) is 0 Å². The van der Waals surface area contributed by atoms with Crippen molar-refractivity contribution in [2.24, 2.45) is 5.73 Å². The molecule has 0 spiro atoms. The maximum Gasteiger partial charge on any atom is 0.317 e. The van der Waals surface area contributed by atoms with E-state index in [-0.39, 0.29) is 110 Å². The Bertz CT molecular complexity index is 3930. The van der Waals surface area contributed by atoms with Crippen LogP contribution in [0.25, 0.3) is 21.7 Å². The summed E-state index contributed by atoms with van der Waals surface area (Å²) in [6.45, 7) is -0.0699. The Morgan fingerprint density at radius 2 is 1.09 bits per heavy atom. The van der Waals surface area contributed by atoms with Crippen LogP contribution in [0.3, 0.4) is 0 Å². The van der Waals surface area contributed by atoms with E-state index in [9.17, 15) is 93.0 Å². The number of unbranched alkanes of at least 4 members (excludes halogenated alkanes) is 1. The third kappa shape index (κ3) is 25.4. The van der Waals surface area contributed by atoms with Gasteiger partial charge in [-0.05, 0) is 71.3 Å². The minimum atomic E-state index is -1.78. The van der Waals surface area contributed by atoms with Crippen molar-refractivity contribution in [1.29, 1.82) is 0 Å². The molecule has 4 aromatic carbocycles. The van der Waals surface area contributed by atoms with Gasteiger partial charge in [0.2, 0.25) is 53.2 Å². The molecule has 7 atom stereocenters. The van der Waals surface area contributed by atoms with E-state index in [4.69, 9.17) is 5.73 Å². The fourth-order valence-electron chi connectivity index (χ4n) is 13.0.